The summed E-state index contributed by atoms with van der Waals surface area (Å²) >= 11 is 0. The van der Waals surface area contributed by atoms with Crippen molar-refractivity contribution in [1.82, 2.24) is 25.2 Å². The van der Waals surface area contributed by atoms with Gasteiger partial charge in [0.2, 0.25) is 11.8 Å². The van der Waals surface area contributed by atoms with Gasteiger partial charge in [0, 0.05) is 88.8 Å². The highest BCUT2D eigenvalue weighted by atomic mass is 16.6. The average molecular weight is 1030 g/mol. The van der Waals surface area contributed by atoms with Crippen molar-refractivity contribution in [2.24, 2.45) is 11.8 Å². The lowest BCUT2D eigenvalue weighted by Crippen LogP contribution is -2.44. The number of nitrogens with zero attached hydrogens (tertiary/aromatic N) is 3. The third-order valence-electron chi connectivity index (χ3n) is 13.9. The molecule has 75 heavy (non-hydrogen) atoms. The fraction of sp³-hybridized carbons (Fsp3) is 0.441. The number of aliphatic carboxylic acids is 1. The smallest absolute Gasteiger partial charge is 0.424 e. The number of carboxylic acid groups (broad SMARTS) is 1. The van der Waals surface area contributed by atoms with Gasteiger partial charge in [0.1, 0.15) is 12.4 Å². The maximum absolute atomic E-state index is 13.5. The normalized spacial score (nSPS) is 13.2. The summed E-state index contributed by atoms with van der Waals surface area (Å²) in [5.41, 5.74) is 8.23. The second kappa shape index (κ2) is 28.0. The van der Waals surface area contributed by atoms with Crippen molar-refractivity contribution in [2.75, 3.05) is 47.1 Å². The third kappa shape index (κ3) is 16.5. The number of ketones is 3. The Kier molecular flexibility index (Phi) is 21.4. The molecular formula is C59H73N5O11. The van der Waals surface area contributed by atoms with Gasteiger partial charge in [0.15, 0.2) is 11.6 Å². The quantitative estimate of drug-likeness (QED) is 0.0284. The summed E-state index contributed by atoms with van der Waals surface area (Å²) in [6, 6.07) is 32.1. The molecule has 16 heteroatoms. The molecule has 6 rings (SSSR count). The number of rotatable bonds is 31. The summed E-state index contributed by atoms with van der Waals surface area (Å²) in [4.78, 5) is 90.6. The zero-order valence-electron chi connectivity index (χ0n) is 44.2. The van der Waals surface area contributed by atoms with E-state index >= 15 is 0 Å². The van der Waals surface area contributed by atoms with Crippen LogP contribution >= 0.6 is 0 Å². The van der Waals surface area contributed by atoms with E-state index in [2.05, 4.69) is 34.9 Å². The summed E-state index contributed by atoms with van der Waals surface area (Å²) in [5, 5.41) is 19.2. The van der Waals surface area contributed by atoms with Crippen LogP contribution in [0.4, 0.5) is 4.79 Å². The lowest BCUT2D eigenvalue weighted by atomic mass is 9.88. The van der Waals surface area contributed by atoms with Crippen molar-refractivity contribution in [3.8, 4) is 11.1 Å². The third-order valence-corrected chi connectivity index (χ3v) is 13.9. The first-order valence-corrected chi connectivity index (χ1v) is 26.0. The van der Waals surface area contributed by atoms with Gasteiger partial charge < -0.3 is 34.5 Å². The Balaban J connectivity index is 0.899. The second-order valence-corrected chi connectivity index (χ2v) is 19.8. The molecule has 1 aliphatic rings. The van der Waals surface area contributed by atoms with Crippen LogP contribution in [0.2, 0.25) is 0 Å². The predicted octanol–water partition coefficient (Wildman–Crippen LogP) is 8.24. The number of fused-ring (bicyclic) bond motifs is 4. The molecule has 0 aliphatic heterocycles. The Hall–Kier alpha value is -7.01. The highest BCUT2D eigenvalue weighted by Crippen LogP contribution is 2.44. The molecular weight excluding hydrogens is 955 g/mol. The topological polar surface area (TPSA) is 203 Å². The molecule has 0 saturated carbocycles. The Labute approximate surface area is 440 Å². The number of carboxylic acids is 1. The monoisotopic (exact) mass is 1030 g/mol. The SMILES string of the molecule is Cc1ccc(CC(=O)[C@H](C)NC(=O)[C@@H](CC(=O)CCOCCOCCCC(=O)[C@H](CCC(=O)O)NC(=O)CCn2c(CN(C)N(C)C(=O)OCC3c4ccccc4-c4ccccc43)cc3ccccc32)C(C)C)cc1. The summed E-state index contributed by atoms with van der Waals surface area (Å²) in [6.07, 6.45) is -0.129. The molecule has 1 aliphatic carbocycles. The second-order valence-electron chi connectivity index (χ2n) is 19.8. The number of Topliss-reactive ketones (excluding diaryl/α,β-unsaturated/α-hetero) is 3. The number of hydrazine groups is 1. The zero-order chi connectivity index (χ0) is 54.0. The van der Waals surface area contributed by atoms with Gasteiger partial charge in [-0.25, -0.2) is 14.8 Å². The standard InChI is InChI=1S/C59H73N5O11/c1-39(2)50(58(71)60-41(4)55(67)34-42-23-21-40(3)22-24-42)36-45(65)28-31-74-33-32-73-30-13-20-54(66)52(25-26-57(69)70)61-56(68)27-29-64-44(35-43-14-7-12-19-53(43)64)37-62(5)63(6)59(72)75-38-51-48-17-10-8-15-46(48)47-16-9-11-18-49(47)51/h7-12,14-19,21-24,35,39,41,50-52H,13,20,25-34,36-38H2,1-6H3,(H,60,71)(H,61,68)(H,69,70)/t41-,50-,52-/m0/s1. The molecule has 0 fully saturated rings. The lowest BCUT2D eigenvalue weighted by molar-refractivity contribution is -0.138. The van der Waals surface area contributed by atoms with Crippen LogP contribution in [-0.2, 0) is 62.5 Å². The van der Waals surface area contributed by atoms with E-state index in [0.717, 1.165) is 50.0 Å². The number of carbonyl (C=O) groups is 7. The first-order valence-electron chi connectivity index (χ1n) is 26.0. The van der Waals surface area contributed by atoms with E-state index < -0.39 is 36.0 Å². The Morgan fingerprint density at radius 3 is 2.03 bits per heavy atom. The maximum Gasteiger partial charge on any atom is 0.424 e. The van der Waals surface area contributed by atoms with Gasteiger partial charge in [-0.2, -0.15) is 0 Å². The number of hydrogen-bond donors (Lipinski definition) is 3. The average Bonchev–Trinajstić information content (AvgIpc) is 3.91. The van der Waals surface area contributed by atoms with Crippen molar-refractivity contribution in [1.29, 1.82) is 0 Å². The number of ether oxygens (including phenoxy) is 3. The summed E-state index contributed by atoms with van der Waals surface area (Å²) < 4.78 is 19.2. The number of amides is 3. The first-order chi connectivity index (χ1) is 36.0. The number of nitrogens with one attached hydrogen (secondary N) is 2. The number of hydrogen-bond acceptors (Lipinski definition) is 11. The molecule has 0 spiro atoms. The summed E-state index contributed by atoms with van der Waals surface area (Å²) in [5.74, 6) is -3.15. The minimum Gasteiger partial charge on any atom is -0.481 e. The molecule has 400 valence electrons. The lowest BCUT2D eigenvalue weighted by Gasteiger charge is -2.28. The number of benzene rings is 4. The van der Waals surface area contributed by atoms with Crippen LogP contribution in [0, 0.1) is 18.8 Å². The van der Waals surface area contributed by atoms with Crippen LogP contribution in [0.3, 0.4) is 0 Å². The molecule has 0 radical (unpaired) electrons. The maximum atomic E-state index is 13.5. The van der Waals surface area contributed by atoms with E-state index in [0.29, 0.717) is 13.0 Å². The number of para-hydroxylation sites is 1. The van der Waals surface area contributed by atoms with E-state index in [4.69, 9.17) is 14.2 Å². The van der Waals surface area contributed by atoms with Gasteiger partial charge in [0.05, 0.1) is 38.4 Å². The molecule has 3 N–H and O–H groups in total. The molecule has 1 heterocycles. The van der Waals surface area contributed by atoms with Crippen LogP contribution in [0.5, 0.6) is 0 Å². The number of aromatic nitrogens is 1. The minimum absolute atomic E-state index is 0.00757. The molecule has 3 amide bonds. The predicted molar refractivity (Wildman–Crippen MR) is 286 cm³/mol. The van der Waals surface area contributed by atoms with Crippen molar-refractivity contribution in [3.63, 3.8) is 0 Å². The molecule has 4 aromatic carbocycles. The Bertz CT molecular complexity index is 2720. The van der Waals surface area contributed by atoms with Crippen LogP contribution in [-0.4, -0.2) is 120 Å². The molecule has 3 atom stereocenters. The number of aryl methyl sites for hydroxylation is 2. The first kappa shape index (κ1) is 57.3. The van der Waals surface area contributed by atoms with E-state index in [1.54, 1.807) is 26.0 Å². The highest BCUT2D eigenvalue weighted by molar-refractivity contribution is 5.93. The molecule has 0 unspecified atom stereocenters. The van der Waals surface area contributed by atoms with Crippen LogP contribution in [0.1, 0.15) is 99.6 Å². The fourth-order valence-corrected chi connectivity index (χ4v) is 9.36. The summed E-state index contributed by atoms with van der Waals surface area (Å²) in [6.45, 7) is 8.90. The molecule has 5 aromatic rings. The molecule has 16 nitrogen and oxygen atoms in total. The Morgan fingerprint density at radius 2 is 1.36 bits per heavy atom. The fourth-order valence-electron chi connectivity index (χ4n) is 9.36. The molecule has 0 saturated heterocycles. The van der Waals surface area contributed by atoms with Crippen molar-refractivity contribution >= 4 is 52.1 Å². The Morgan fingerprint density at radius 1 is 0.720 bits per heavy atom. The van der Waals surface area contributed by atoms with Gasteiger partial charge in [-0.15, -0.1) is 0 Å². The van der Waals surface area contributed by atoms with E-state index in [1.165, 1.54) is 5.01 Å². The molecule has 1 aromatic heterocycles. The van der Waals surface area contributed by atoms with Gasteiger partial charge in [-0.05, 0) is 77.9 Å². The van der Waals surface area contributed by atoms with Crippen molar-refractivity contribution < 1.29 is 52.9 Å². The van der Waals surface area contributed by atoms with Gasteiger partial charge >= 0.3 is 12.1 Å². The molecule has 0 bridgehead atoms. The van der Waals surface area contributed by atoms with Crippen molar-refractivity contribution in [2.45, 2.75) is 110 Å². The van der Waals surface area contributed by atoms with Crippen LogP contribution in [0.15, 0.2) is 103 Å². The van der Waals surface area contributed by atoms with Gasteiger partial charge in [0.25, 0.3) is 0 Å². The highest BCUT2D eigenvalue weighted by Gasteiger charge is 2.31. The summed E-state index contributed by atoms with van der Waals surface area (Å²) in [7, 11) is 3.44. The largest absolute Gasteiger partial charge is 0.481 e. The minimum atomic E-state index is -1.08. The van der Waals surface area contributed by atoms with E-state index in [1.807, 2.05) is 104 Å². The van der Waals surface area contributed by atoms with Gasteiger partial charge in [-0.3, -0.25) is 28.8 Å². The van der Waals surface area contributed by atoms with E-state index in [9.17, 15) is 38.7 Å². The number of carbonyl (C=O) groups excluding carboxylic acids is 6. The van der Waals surface area contributed by atoms with Crippen LogP contribution in [0.25, 0.3) is 22.0 Å². The van der Waals surface area contributed by atoms with E-state index in [-0.39, 0.29) is 120 Å². The van der Waals surface area contributed by atoms with Crippen molar-refractivity contribution in [3.05, 3.63) is 131 Å². The van der Waals surface area contributed by atoms with Gasteiger partial charge in [-0.1, -0.05) is 110 Å². The van der Waals surface area contributed by atoms with Crippen LogP contribution < -0.4 is 10.6 Å². The zero-order valence-corrected chi connectivity index (χ0v) is 44.2.